The summed E-state index contributed by atoms with van der Waals surface area (Å²) < 4.78 is 5.39. The summed E-state index contributed by atoms with van der Waals surface area (Å²) >= 11 is 0. The number of nitrogens with zero attached hydrogens (tertiary/aromatic N) is 2. The monoisotopic (exact) mass is 369 g/mol. The number of benzene rings is 2. The van der Waals surface area contributed by atoms with E-state index in [2.05, 4.69) is 15.3 Å². The average molecular weight is 369 g/mol. The van der Waals surface area contributed by atoms with E-state index in [-0.39, 0.29) is 11.9 Å². The quantitative estimate of drug-likeness (QED) is 0.574. The van der Waals surface area contributed by atoms with Crippen molar-refractivity contribution in [1.29, 1.82) is 0 Å². The van der Waals surface area contributed by atoms with E-state index in [1.54, 1.807) is 19.4 Å². The number of aromatic nitrogens is 2. The van der Waals surface area contributed by atoms with Gasteiger partial charge in [-0.15, -0.1) is 0 Å². The van der Waals surface area contributed by atoms with Gasteiger partial charge in [0.15, 0.2) is 0 Å². The summed E-state index contributed by atoms with van der Waals surface area (Å²) in [5, 5.41) is 4.83. The van der Waals surface area contributed by atoms with Gasteiger partial charge in [0.25, 0.3) is 5.91 Å². The standard InChI is InChI=1S/C23H19N3O2/c1-28-23-18-12-6-5-11-17(18)15-20(25-23)22(27)26-21(16-9-3-2-4-10-16)19-13-7-8-14-24-19/h2-15,21H,1H3,(H,26,27)/t21-/m1/s1. The van der Waals surface area contributed by atoms with Gasteiger partial charge in [-0.1, -0.05) is 54.6 Å². The maximum absolute atomic E-state index is 13.1. The second-order valence-electron chi connectivity index (χ2n) is 6.31. The van der Waals surface area contributed by atoms with Crippen molar-refractivity contribution in [2.75, 3.05) is 7.11 Å². The second kappa shape index (κ2) is 7.88. The predicted octanol–water partition coefficient (Wildman–Crippen LogP) is 4.16. The molecular weight excluding hydrogens is 350 g/mol. The fraction of sp³-hybridized carbons (Fsp3) is 0.0870. The van der Waals surface area contributed by atoms with E-state index in [0.717, 1.165) is 22.0 Å². The molecular formula is C23H19N3O2. The van der Waals surface area contributed by atoms with Crippen molar-refractivity contribution in [2.24, 2.45) is 0 Å². The predicted molar refractivity (Wildman–Crippen MR) is 108 cm³/mol. The van der Waals surface area contributed by atoms with Crippen molar-refractivity contribution in [3.05, 3.63) is 102 Å². The van der Waals surface area contributed by atoms with Gasteiger partial charge >= 0.3 is 0 Å². The van der Waals surface area contributed by atoms with Crippen molar-refractivity contribution >= 4 is 16.7 Å². The number of fused-ring (bicyclic) bond motifs is 1. The largest absolute Gasteiger partial charge is 0.481 e. The van der Waals surface area contributed by atoms with Gasteiger partial charge in [0.05, 0.1) is 18.8 Å². The van der Waals surface area contributed by atoms with E-state index in [0.29, 0.717) is 11.6 Å². The third kappa shape index (κ3) is 3.55. The zero-order valence-corrected chi connectivity index (χ0v) is 15.4. The van der Waals surface area contributed by atoms with Gasteiger partial charge < -0.3 is 10.1 Å². The highest BCUT2D eigenvalue weighted by Crippen LogP contribution is 2.25. The van der Waals surface area contributed by atoms with Crippen molar-refractivity contribution < 1.29 is 9.53 Å². The molecule has 1 N–H and O–H groups in total. The molecule has 0 radical (unpaired) electrons. The van der Waals surface area contributed by atoms with Gasteiger partial charge in [-0.2, -0.15) is 0 Å². The molecule has 1 amide bonds. The van der Waals surface area contributed by atoms with Crippen LogP contribution in [0.5, 0.6) is 5.88 Å². The molecule has 0 aliphatic rings. The Morgan fingerprint density at radius 1 is 0.964 bits per heavy atom. The van der Waals surface area contributed by atoms with Crippen LogP contribution in [-0.4, -0.2) is 23.0 Å². The Morgan fingerprint density at radius 3 is 2.46 bits per heavy atom. The third-order valence-electron chi connectivity index (χ3n) is 4.52. The SMILES string of the molecule is COc1nc(C(=O)N[C@H](c2ccccc2)c2ccccn2)cc2ccccc12. The van der Waals surface area contributed by atoms with Crippen LogP contribution in [0, 0.1) is 0 Å². The number of methoxy groups -OCH3 is 1. The molecule has 5 heteroatoms. The Labute approximate surface area is 163 Å². The van der Waals surface area contributed by atoms with Crippen LogP contribution >= 0.6 is 0 Å². The molecule has 138 valence electrons. The van der Waals surface area contributed by atoms with E-state index in [9.17, 15) is 4.79 Å². The minimum atomic E-state index is -0.380. The molecule has 0 spiro atoms. The molecule has 0 unspecified atom stereocenters. The van der Waals surface area contributed by atoms with Crippen molar-refractivity contribution in [3.63, 3.8) is 0 Å². The van der Waals surface area contributed by atoms with E-state index >= 15 is 0 Å². The van der Waals surface area contributed by atoms with E-state index in [1.165, 1.54) is 0 Å². The topological polar surface area (TPSA) is 64.1 Å². The summed E-state index contributed by atoms with van der Waals surface area (Å²) in [6.07, 6.45) is 1.72. The lowest BCUT2D eigenvalue weighted by Crippen LogP contribution is -2.30. The van der Waals surface area contributed by atoms with Crippen LogP contribution in [0.3, 0.4) is 0 Å². The maximum atomic E-state index is 13.1. The zero-order chi connectivity index (χ0) is 19.3. The van der Waals surface area contributed by atoms with E-state index in [1.807, 2.05) is 72.8 Å². The van der Waals surface area contributed by atoms with Gasteiger partial charge in [0, 0.05) is 11.6 Å². The number of hydrogen-bond donors (Lipinski definition) is 1. The van der Waals surface area contributed by atoms with Crippen LogP contribution in [0.4, 0.5) is 0 Å². The number of rotatable bonds is 5. The third-order valence-corrected chi connectivity index (χ3v) is 4.52. The minimum absolute atomic E-state index is 0.288. The highest BCUT2D eigenvalue weighted by Gasteiger charge is 2.20. The Morgan fingerprint density at radius 2 is 1.71 bits per heavy atom. The van der Waals surface area contributed by atoms with Crippen LogP contribution in [0.2, 0.25) is 0 Å². The van der Waals surface area contributed by atoms with Crippen molar-refractivity contribution in [1.82, 2.24) is 15.3 Å². The minimum Gasteiger partial charge on any atom is -0.481 e. The summed E-state index contributed by atoms with van der Waals surface area (Å²) in [4.78, 5) is 21.9. The molecule has 2 aromatic carbocycles. The van der Waals surface area contributed by atoms with Gasteiger partial charge in [-0.25, -0.2) is 4.98 Å². The molecule has 4 rings (SSSR count). The lowest BCUT2D eigenvalue weighted by molar-refractivity contribution is 0.0936. The van der Waals surface area contributed by atoms with Gasteiger partial charge in [0.2, 0.25) is 5.88 Å². The summed E-state index contributed by atoms with van der Waals surface area (Å²) in [7, 11) is 1.55. The van der Waals surface area contributed by atoms with Crippen LogP contribution in [0.15, 0.2) is 85.1 Å². The van der Waals surface area contributed by atoms with Gasteiger partial charge in [-0.3, -0.25) is 9.78 Å². The average Bonchev–Trinajstić information content (AvgIpc) is 2.77. The Kier molecular flexibility index (Phi) is 4.97. The first-order valence-electron chi connectivity index (χ1n) is 8.97. The normalized spacial score (nSPS) is 11.8. The molecule has 5 nitrogen and oxygen atoms in total. The number of carbonyl (C=O) groups excluding carboxylic acids is 1. The van der Waals surface area contributed by atoms with Crippen molar-refractivity contribution in [2.45, 2.75) is 6.04 Å². The number of carbonyl (C=O) groups is 1. The lowest BCUT2D eigenvalue weighted by Gasteiger charge is -2.19. The number of amides is 1. The Bertz CT molecular complexity index is 1060. The van der Waals surface area contributed by atoms with Gasteiger partial charge in [0.1, 0.15) is 5.69 Å². The number of nitrogens with one attached hydrogen (secondary N) is 1. The number of hydrogen-bond acceptors (Lipinski definition) is 4. The highest BCUT2D eigenvalue weighted by atomic mass is 16.5. The molecule has 0 aliphatic carbocycles. The fourth-order valence-electron chi connectivity index (χ4n) is 3.16. The second-order valence-corrected chi connectivity index (χ2v) is 6.31. The molecule has 2 heterocycles. The smallest absolute Gasteiger partial charge is 0.270 e. The van der Waals surface area contributed by atoms with E-state index in [4.69, 9.17) is 4.74 Å². The first kappa shape index (κ1) is 17.7. The first-order valence-corrected chi connectivity index (χ1v) is 8.97. The van der Waals surface area contributed by atoms with E-state index < -0.39 is 0 Å². The van der Waals surface area contributed by atoms with Crippen LogP contribution < -0.4 is 10.1 Å². The molecule has 4 aromatic rings. The van der Waals surface area contributed by atoms with Crippen LogP contribution in [-0.2, 0) is 0 Å². The fourth-order valence-corrected chi connectivity index (χ4v) is 3.16. The molecule has 28 heavy (non-hydrogen) atoms. The molecule has 0 fully saturated rings. The summed E-state index contributed by atoms with van der Waals surface area (Å²) in [5.41, 5.74) is 2.00. The number of ether oxygens (including phenoxy) is 1. The molecule has 0 aliphatic heterocycles. The van der Waals surface area contributed by atoms with Crippen LogP contribution in [0.25, 0.3) is 10.8 Å². The lowest BCUT2D eigenvalue weighted by atomic mass is 10.0. The molecule has 0 saturated carbocycles. The Balaban J connectivity index is 1.71. The maximum Gasteiger partial charge on any atom is 0.270 e. The molecule has 0 saturated heterocycles. The molecule has 2 aromatic heterocycles. The van der Waals surface area contributed by atoms with Crippen LogP contribution in [0.1, 0.15) is 27.8 Å². The highest BCUT2D eigenvalue weighted by molar-refractivity contribution is 5.98. The summed E-state index contributed by atoms with van der Waals surface area (Å²) in [6, 6.07) is 24.5. The zero-order valence-electron chi connectivity index (χ0n) is 15.4. The summed E-state index contributed by atoms with van der Waals surface area (Å²) in [6.45, 7) is 0. The molecule has 1 atom stereocenters. The summed E-state index contributed by atoms with van der Waals surface area (Å²) in [5.74, 6) is 0.140. The molecule has 0 bridgehead atoms. The van der Waals surface area contributed by atoms with Gasteiger partial charge in [-0.05, 0) is 35.2 Å². The Hall–Kier alpha value is -3.73. The number of pyridine rings is 2. The first-order chi connectivity index (χ1) is 13.8. The van der Waals surface area contributed by atoms with Crippen molar-refractivity contribution in [3.8, 4) is 5.88 Å².